The molecule has 0 saturated carbocycles. The number of carbonyl (C=O) groups excluding carboxylic acids is 1. The van der Waals surface area contributed by atoms with E-state index in [0.29, 0.717) is 6.61 Å². The highest BCUT2D eigenvalue weighted by atomic mass is 16.5. The molecule has 20 heavy (non-hydrogen) atoms. The van der Waals surface area contributed by atoms with Crippen LogP contribution in [0.3, 0.4) is 0 Å². The van der Waals surface area contributed by atoms with Gasteiger partial charge in [-0.25, -0.2) is 0 Å². The number of hydrogen-bond donors (Lipinski definition) is 2. The smallest absolute Gasteiger partial charge is 0.272 e. The van der Waals surface area contributed by atoms with Crippen LogP contribution in [0.15, 0.2) is 36.4 Å². The zero-order chi connectivity index (χ0) is 13.9. The Balaban J connectivity index is 1.79. The van der Waals surface area contributed by atoms with E-state index in [2.05, 4.69) is 15.5 Å². The van der Waals surface area contributed by atoms with E-state index in [1.54, 1.807) is 12.1 Å². The van der Waals surface area contributed by atoms with Crippen LogP contribution in [0.1, 0.15) is 28.5 Å². The van der Waals surface area contributed by atoms with Crippen molar-refractivity contribution in [1.82, 2.24) is 15.5 Å². The van der Waals surface area contributed by atoms with Gasteiger partial charge in [0.1, 0.15) is 11.6 Å². The average molecular weight is 270 g/mol. The van der Waals surface area contributed by atoms with E-state index in [4.69, 9.17) is 10.5 Å². The standard InChI is InChI=1S/C14H14N4O2/c15-13-6-5-11(17-18-13)14(19)16-10-7-8-20-12-4-2-1-3-9(10)12/h1-6,10H,7-8H2,(H2,15,18)(H,16,19). The van der Waals surface area contributed by atoms with Crippen molar-refractivity contribution in [3.63, 3.8) is 0 Å². The van der Waals surface area contributed by atoms with Gasteiger partial charge in [-0.1, -0.05) is 18.2 Å². The van der Waals surface area contributed by atoms with Gasteiger partial charge in [-0.2, -0.15) is 0 Å². The van der Waals surface area contributed by atoms with E-state index in [-0.39, 0.29) is 23.5 Å². The first-order chi connectivity index (χ1) is 9.74. The molecule has 1 aliphatic heterocycles. The minimum Gasteiger partial charge on any atom is -0.493 e. The molecule has 102 valence electrons. The van der Waals surface area contributed by atoms with Crippen molar-refractivity contribution in [2.45, 2.75) is 12.5 Å². The number of anilines is 1. The van der Waals surface area contributed by atoms with E-state index in [0.717, 1.165) is 17.7 Å². The van der Waals surface area contributed by atoms with E-state index < -0.39 is 0 Å². The Morgan fingerprint density at radius 1 is 1.25 bits per heavy atom. The number of nitrogens with one attached hydrogen (secondary N) is 1. The van der Waals surface area contributed by atoms with Crippen molar-refractivity contribution in [3.8, 4) is 5.75 Å². The maximum atomic E-state index is 12.1. The first-order valence-electron chi connectivity index (χ1n) is 6.36. The third-order valence-corrected chi connectivity index (χ3v) is 3.18. The van der Waals surface area contributed by atoms with Crippen LogP contribution in [0.2, 0.25) is 0 Å². The predicted molar refractivity (Wildman–Crippen MR) is 73.2 cm³/mol. The van der Waals surface area contributed by atoms with Crippen molar-refractivity contribution >= 4 is 11.7 Å². The van der Waals surface area contributed by atoms with Gasteiger partial charge < -0.3 is 15.8 Å². The maximum Gasteiger partial charge on any atom is 0.272 e. The second kappa shape index (κ2) is 5.16. The Morgan fingerprint density at radius 2 is 2.10 bits per heavy atom. The van der Waals surface area contributed by atoms with Gasteiger partial charge in [0, 0.05) is 12.0 Å². The van der Waals surface area contributed by atoms with Crippen LogP contribution in [-0.2, 0) is 0 Å². The van der Waals surface area contributed by atoms with Gasteiger partial charge in [-0.3, -0.25) is 4.79 Å². The fourth-order valence-electron chi connectivity index (χ4n) is 2.19. The van der Waals surface area contributed by atoms with Gasteiger partial charge in [0.05, 0.1) is 12.6 Å². The van der Waals surface area contributed by atoms with Crippen LogP contribution in [0, 0.1) is 0 Å². The van der Waals surface area contributed by atoms with Crippen LogP contribution >= 0.6 is 0 Å². The predicted octanol–water partition coefficient (Wildman–Crippen LogP) is 1.31. The molecule has 3 N–H and O–H groups in total. The third kappa shape index (κ3) is 2.40. The minimum atomic E-state index is -0.265. The zero-order valence-electron chi connectivity index (χ0n) is 10.7. The van der Waals surface area contributed by atoms with E-state index in [1.807, 2.05) is 24.3 Å². The Morgan fingerprint density at radius 3 is 2.90 bits per heavy atom. The van der Waals surface area contributed by atoms with Crippen LogP contribution in [0.5, 0.6) is 5.75 Å². The van der Waals surface area contributed by atoms with Gasteiger partial charge in [-0.05, 0) is 18.2 Å². The van der Waals surface area contributed by atoms with Crippen LogP contribution in [-0.4, -0.2) is 22.7 Å². The molecule has 1 aliphatic rings. The zero-order valence-corrected chi connectivity index (χ0v) is 10.7. The molecule has 0 spiro atoms. The van der Waals surface area contributed by atoms with Gasteiger partial charge >= 0.3 is 0 Å². The van der Waals surface area contributed by atoms with Crippen molar-refractivity contribution in [2.75, 3.05) is 12.3 Å². The second-order valence-electron chi connectivity index (χ2n) is 4.54. The van der Waals surface area contributed by atoms with Gasteiger partial charge in [-0.15, -0.1) is 10.2 Å². The minimum absolute atomic E-state index is 0.0770. The maximum absolute atomic E-state index is 12.1. The van der Waals surface area contributed by atoms with Gasteiger partial charge in [0.2, 0.25) is 0 Å². The average Bonchev–Trinajstić information content (AvgIpc) is 2.48. The molecule has 1 atom stereocenters. The summed E-state index contributed by atoms with van der Waals surface area (Å²) in [6.07, 6.45) is 0.727. The first kappa shape index (κ1) is 12.4. The lowest BCUT2D eigenvalue weighted by molar-refractivity contribution is 0.0919. The molecule has 2 aromatic rings. The summed E-state index contributed by atoms with van der Waals surface area (Å²) in [5.74, 6) is 0.838. The molecule has 0 bridgehead atoms. The largest absolute Gasteiger partial charge is 0.493 e. The summed E-state index contributed by atoms with van der Waals surface area (Å²) in [6, 6.07) is 10.7. The Kier molecular flexibility index (Phi) is 3.20. The van der Waals surface area contributed by atoms with Crippen molar-refractivity contribution in [1.29, 1.82) is 0 Å². The van der Waals surface area contributed by atoms with Crippen molar-refractivity contribution < 1.29 is 9.53 Å². The highest BCUT2D eigenvalue weighted by Gasteiger charge is 2.23. The number of carbonyl (C=O) groups is 1. The Hall–Kier alpha value is -2.63. The SMILES string of the molecule is Nc1ccc(C(=O)NC2CCOc3ccccc32)nn1. The fourth-order valence-corrected chi connectivity index (χ4v) is 2.19. The number of nitrogens with zero attached hydrogens (tertiary/aromatic N) is 2. The molecule has 0 fully saturated rings. The van der Waals surface area contributed by atoms with Crippen molar-refractivity contribution in [3.05, 3.63) is 47.7 Å². The number of hydrogen-bond acceptors (Lipinski definition) is 5. The topological polar surface area (TPSA) is 90.1 Å². The van der Waals surface area contributed by atoms with Crippen LogP contribution < -0.4 is 15.8 Å². The molecule has 0 radical (unpaired) electrons. The number of rotatable bonds is 2. The van der Waals surface area contributed by atoms with E-state index >= 15 is 0 Å². The van der Waals surface area contributed by atoms with Gasteiger partial charge in [0.15, 0.2) is 5.69 Å². The lowest BCUT2D eigenvalue weighted by atomic mass is 10.0. The number of nitrogen functional groups attached to an aromatic ring is 1. The van der Waals surface area contributed by atoms with Gasteiger partial charge in [0.25, 0.3) is 5.91 Å². The number of amides is 1. The lowest BCUT2D eigenvalue weighted by Crippen LogP contribution is -2.32. The summed E-state index contributed by atoms with van der Waals surface area (Å²) in [5.41, 5.74) is 6.69. The second-order valence-corrected chi connectivity index (χ2v) is 4.54. The fraction of sp³-hybridized carbons (Fsp3) is 0.214. The normalized spacial score (nSPS) is 16.9. The molecule has 1 unspecified atom stereocenters. The van der Waals surface area contributed by atoms with E-state index in [9.17, 15) is 4.79 Å². The summed E-state index contributed by atoms with van der Waals surface area (Å²) in [4.78, 5) is 12.1. The molecule has 3 rings (SSSR count). The molecule has 1 amide bonds. The summed E-state index contributed by atoms with van der Waals surface area (Å²) >= 11 is 0. The molecule has 1 aromatic carbocycles. The highest BCUT2D eigenvalue weighted by molar-refractivity contribution is 5.92. The summed E-state index contributed by atoms with van der Waals surface area (Å²) < 4.78 is 5.56. The summed E-state index contributed by atoms with van der Waals surface area (Å²) in [6.45, 7) is 0.579. The Bertz CT molecular complexity index is 627. The highest BCUT2D eigenvalue weighted by Crippen LogP contribution is 2.31. The summed E-state index contributed by atoms with van der Waals surface area (Å²) in [7, 11) is 0. The van der Waals surface area contributed by atoms with E-state index in [1.165, 1.54) is 0 Å². The lowest BCUT2D eigenvalue weighted by Gasteiger charge is -2.26. The molecule has 6 nitrogen and oxygen atoms in total. The molecular weight excluding hydrogens is 256 g/mol. The number of nitrogens with two attached hydrogens (primary N) is 1. The number of benzene rings is 1. The summed E-state index contributed by atoms with van der Waals surface area (Å²) in [5, 5.41) is 10.4. The first-order valence-corrected chi connectivity index (χ1v) is 6.36. The number of ether oxygens (including phenoxy) is 1. The quantitative estimate of drug-likeness (QED) is 0.858. The number of aromatic nitrogens is 2. The monoisotopic (exact) mass is 270 g/mol. The molecule has 1 aromatic heterocycles. The van der Waals surface area contributed by atoms with Crippen molar-refractivity contribution in [2.24, 2.45) is 0 Å². The van der Waals surface area contributed by atoms with Crippen LogP contribution in [0.4, 0.5) is 5.82 Å². The Labute approximate surface area is 116 Å². The number of fused-ring (bicyclic) bond motifs is 1. The molecule has 2 heterocycles. The molecular formula is C14H14N4O2. The third-order valence-electron chi connectivity index (χ3n) is 3.18. The van der Waals surface area contributed by atoms with Crippen LogP contribution in [0.25, 0.3) is 0 Å². The molecule has 6 heteroatoms. The molecule has 0 saturated heterocycles. The number of para-hydroxylation sites is 1. The molecule has 0 aliphatic carbocycles.